The van der Waals surface area contributed by atoms with Crippen LogP contribution in [-0.4, -0.2) is 37.0 Å². The number of halogens is 9. The first kappa shape index (κ1) is 27.6. The van der Waals surface area contributed by atoms with E-state index < -0.39 is 41.0 Å². The molecule has 1 heterocycles. The Bertz CT molecular complexity index is 960. The monoisotopic (exact) mass is 534 g/mol. The molecule has 1 aliphatic rings. The largest absolute Gasteiger partial charge is 0.416 e. The lowest BCUT2D eigenvalue weighted by molar-refractivity contribution is -0.143. The third-order valence-electron chi connectivity index (χ3n) is 5.41. The van der Waals surface area contributed by atoms with Gasteiger partial charge in [-0.1, -0.05) is 23.2 Å². The van der Waals surface area contributed by atoms with Crippen LogP contribution >= 0.6 is 35.6 Å². The van der Waals surface area contributed by atoms with E-state index in [1.807, 2.05) is 0 Å². The lowest BCUT2D eigenvalue weighted by atomic mass is 9.85. The van der Waals surface area contributed by atoms with Crippen molar-refractivity contribution in [3.05, 3.63) is 68.7 Å². The van der Waals surface area contributed by atoms with Crippen LogP contribution in [0, 0.1) is 0 Å². The Labute approximate surface area is 202 Å². The second-order valence-electron chi connectivity index (χ2n) is 7.58. The van der Waals surface area contributed by atoms with E-state index in [9.17, 15) is 31.1 Å². The van der Waals surface area contributed by atoms with Gasteiger partial charge in [0.15, 0.2) is 0 Å². The molecule has 0 saturated carbocycles. The summed E-state index contributed by atoms with van der Waals surface area (Å²) in [6.45, 7) is 0.943. The molecular formula is C21H19Cl3F6N2O. The zero-order chi connectivity index (χ0) is 23.8. The van der Waals surface area contributed by atoms with Crippen molar-refractivity contribution in [1.29, 1.82) is 0 Å². The highest BCUT2D eigenvalue weighted by Gasteiger charge is 2.39. The predicted molar refractivity (Wildman–Crippen MR) is 116 cm³/mol. The topological polar surface area (TPSA) is 32.3 Å². The molecule has 182 valence electrons. The van der Waals surface area contributed by atoms with Gasteiger partial charge in [-0.05, 0) is 54.9 Å². The molecule has 0 unspecified atom stereocenters. The van der Waals surface area contributed by atoms with Crippen molar-refractivity contribution in [2.75, 3.05) is 20.1 Å². The molecule has 12 heteroatoms. The Morgan fingerprint density at radius 3 is 1.94 bits per heavy atom. The van der Waals surface area contributed by atoms with Crippen molar-refractivity contribution in [3.63, 3.8) is 0 Å². The van der Waals surface area contributed by atoms with Crippen LogP contribution in [0.1, 0.15) is 39.4 Å². The number of hydrogen-bond donors (Lipinski definition) is 1. The molecule has 1 saturated heterocycles. The van der Waals surface area contributed by atoms with Gasteiger partial charge in [0.05, 0.1) is 11.1 Å². The number of nitrogens with one attached hydrogen (secondary N) is 1. The summed E-state index contributed by atoms with van der Waals surface area (Å²) in [5.74, 6) is -1.26. The summed E-state index contributed by atoms with van der Waals surface area (Å²) >= 11 is 12.2. The van der Waals surface area contributed by atoms with Gasteiger partial charge >= 0.3 is 12.4 Å². The van der Waals surface area contributed by atoms with Crippen LogP contribution in [0.5, 0.6) is 0 Å². The minimum Gasteiger partial charge on any atom is -0.338 e. The van der Waals surface area contributed by atoms with Crippen LogP contribution in [0.25, 0.3) is 0 Å². The first-order valence-electron chi connectivity index (χ1n) is 9.50. The first-order chi connectivity index (χ1) is 14.8. The molecule has 2 atom stereocenters. The van der Waals surface area contributed by atoms with Crippen LogP contribution < -0.4 is 5.32 Å². The smallest absolute Gasteiger partial charge is 0.338 e. The van der Waals surface area contributed by atoms with Crippen LogP contribution in [0.2, 0.25) is 10.0 Å². The van der Waals surface area contributed by atoms with E-state index in [1.54, 1.807) is 12.1 Å². The maximum atomic E-state index is 13.2. The molecule has 1 aliphatic heterocycles. The van der Waals surface area contributed by atoms with Gasteiger partial charge in [0.2, 0.25) is 0 Å². The van der Waals surface area contributed by atoms with E-state index in [2.05, 4.69) is 5.32 Å². The van der Waals surface area contributed by atoms with E-state index in [4.69, 9.17) is 23.2 Å². The highest BCUT2D eigenvalue weighted by atomic mass is 35.5. The molecule has 0 radical (unpaired) electrons. The number of piperidine rings is 1. The van der Waals surface area contributed by atoms with Crippen LogP contribution in [0.3, 0.4) is 0 Å². The van der Waals surface area contributed by atoms with Gasteiger partial charge in [0, 0.05) is 41.2 Å². The lowest BCUT2D eigenvalue weighted by Crippen LogP contribution is -2.49. The molecule has 0 bridgehead atoms. The average Bonchev–Trinajstić information content (AvgIpc) is 2.70. The molecular weight excluding hydrogens is 517 g/mol. The normalized spacial score (nSPS) is 19.1. The van der Waals surface area contributed by atoms with Gasteiger partial charge in [0.25, 0.3) is 5.91 Å². The number of benzene rings is 2. The number of likely N-dealkylation sites (N-methyl/N-ethyl adjacent to an activating group) is 1. The quantitative estimate of drug-likeness (QED) is 0.445. The second kappa shape index (κ2) is 10.3. The minimum absolute atomic E-state index is 0. The van der Waals surface area contributed by atoms with Gasteiger partial charge in [0.1, 0.15) is 0 Å². The Kier molecular flexibility index (Phi) is 8.60. The third-order valence-corrected chi connectivity index (χ3v) is 5.85. The Balaban J connectivity index is 0.00000385. The van der Waals surface area contributed by atoms with Crippen molar-refractivity contribution < 1.29 is 31.1 Å². The lowest BCUT2D eigenvalue weighted by Gasteiger charge is -2.39. The van der Waals surface area contributed by atoms with Gasteiger partial charge < -0.3 is 10.2 Å². The second-order valence-corrected chi connectivity index (χ2v) is 8.45. The number of hydrogen-bond acceptors (Lipinski definition) is 2. The third kappa shape index (κ3) is 6.47. The summed E-state index contributed by atoms with van der Waals surface area (Å²) in [5, 5.41) is 3.92. The maximum absolute atomic E-state index is 13.2. The predicted octanol–water partition coefficient (Wildman–Crippen LogP) is 6.67. The molecule has 2 aromatic rings. The van der Waals surface area contributed by atoms with Crippen LogP contribution in [0.4, 0.5) is 26.3 Å². The molecule has 0 spiro atoms. The summed E-state index contributed by atoms with van der Waals surface area (Å²) in [5.41, 5.74) is -3.05. The fourth-order valence-electron chi connectivity index (χ4n) is 3.87. The molecule has 1 amide bonds. The number of carbonyl (C=O) groups is 1. The molecule has 0 aliphatic carbocycles. The standard InChI is InChI=1S/C21H18Cl2F6N2O.ClH/c1-31(18-2-3-30-10-17(18)11-6-15(22)9-16(23)7-11)19(32)12-4-13(20(24,25)26)8-14(5-12)21(27,28)29;/h4-9,17-18,30H,2-3,10H2,1H3;1H/t17-,18+;/m0./s1. The summed E-state index contributed by atoms with van der Waals surface area (Å²) in [4.78, 5) is 14.2. The van der Waals surface area contributed by atoms with Gasteiger partial charge in [-0.3, -0.25) is 4.79 Å². The molecule has 3 rings (SSSR count). The molecule has 33 heavy (non-hydrogen) atoms. The number of carbonyl (C=O) groups excluding carboxylic acids is 1. The average molecular weight is 536 g/mol. The van der Waals surface area contributed by atoms with E-state index in [-0.39, 0.29) is 24.4 Å². The van der Waals surface area contributed by atoms with E-state index in [1.165, 1.54) is 18.0 Å². The van der Waals surface area contributed by atoms with Crippen LogP contribution in [0.15, 0.2) is 36.4 Å². The minimum atomic E-state index is -5.04. The summed E-state index contributed by atoms with van der Waals surface area (Å²) in [6.07, 6.45) is -9.64. The fourth-order valence-corrected chi connectivity index (χ4v) is 4.41. The van der Waals surface area contributed by atoms with Crippen molar-refractivity contribution >= 4 is 41.5 Å². The molecule has 0 aromatic heterocycles. The van der Waals surface area contributed by atoms with Crippen LogP contribution in [-0.2, 0) is 12.4 Å². The summed E-state index contributed by atoms with van der Waals surface area (Å²) in [6, 6.07) is 5.26. The fraction of sp³-hybridized carbons (Fsp3) is 0.381. The van der Waals surface area contributed by atoms with Crippen molar-refractivity contribution in [2.24, 2.45) is 0 Å². The van der Waals surface area contributed by atoms with E-state index in [0.29, 0.717) is 47.3 Å². The zero-order valence-electron chi connectivity index (χ0n) is 17.0. The molecule has 1 fully saturated rings. The van der Waals surface area contributed by atoms with Crippen molar-refractivity contribution in [1.82, 2.24) is 10.2 Å². The van der Waals surface area contributed by atoms with E-state index >= 15 is 0 Å². The summed E-state index contributed by atoms with van der Waals surface area (Å²) < 4.78 is 79.1. The molecule has 1 N–H and O–H groups in total. The first-order valence-corrected chi connectivity index (χ1v) is 10.3. The zero-order valence-corrected chi connectivity index (χ0v) is 19.4. The van der Waals surface area contributed by atoms with Gasteiger partial charge in [-0.2, -0.15) is 26.3 Å². The number of rotatable bonds is 3. The molecule has 2 aromatic carbocycles. The van der Waals surface area contributed by atoms with E-state index in [0.717, 1.165) is 0 Å². The highest BCUT2D eigenvalue weighted by Crippen LogP contribution is 2.37. The highest BCUT2D eigenvalue weighted by molar-refractivity contribution is 6.34. The Morgan fingerprint density at radius 1 is 0.939 bits per heavy atom. The van der Waals surface area contributed by atoms with Gasteiger partial charge in [-0.25, -0.2) is 0 Å². The van der Waals surface area contributed by atoms with Crippen molar-refractivity contribution in [3.8, 4) is 0 Å². The Hall–Kier alpha value is -1.68. The number of nitrogens with zero attached hydrogens (tertiary/aromatic N) is 1. The SMILES string of the molecule is CN(C(=O)c1cc(C(F)(F)F)cc(C(F)(F)F)c1)[C@@H]1CCNC[C@H]1c1cc(Cl)cc(Cl)c1.Cl. The Morgan fingerprint density at radius 2 is 1.45 bits per heavy atom. The molecule has 3 nitrogen and oxygen atoms in total. The summed E-state index contributed by atoms with van der Waals surface area (Å²) in [7, 11) is 1.37. The van der Waals surface area contributed by atoms with Crippen molar-refractivity contribution in [2.45, 2.75) is 30.7 Å². The number of amides is 1. The number of alkyl halides is 6. The maximum Gasteiger partial charge on any atom is 0.416 e. The van der Waals surface area contributed by atoms with Gasteiger partial charge in [-0.15, -0.1) is 12.4 Å².